The predicted molar refractivity (Wildman–Crippen MR) is 62.9 cm³/mol. The van der Waals surface area contributed by atoms with Gasteiger partial charge in [0.25, 0.3) is 0 Å². The van der Waals surface area contributed by atoms with Gasteiger partial charge in [0, 0.05) is 16.8 Å². The lowest BCUT2D eigenvalue weighted by molar-refractivity contribution is 0.379. The van der Waals surface area contributed by atoms with E-state index in [4.69, 9.17) is 0 Å². The Hall–Kier alpha value is -0.600. The van der Waals surface area contributed by atoms with Gasteiger partial charge in [0.1, 0.15) is 0 Å². The topological polar surface area (TPSA) is 12.0 Å². The quantitative estimate of drug-likeness (QED) is 0.751. The van der Waals surface area contributed by atoms with Gasteiger partial charge >= 0.3 is 0 Å². The maximum atomic E-state index is 3.96. The van der Waals surface area contributed by atoms with E-state index >= 15 is 0 Å². The predicted octanol–water partition coefficient (Wildman–Crippen LogP) is 3.16. The average Bonchev–Trinajstić information content (AvgIpc) is 2.74. The van der Waals surface area contributed by atoms with Gasteiger partial charge in [-0.15, -0.1) is 17.9 Å². The third kappa shape index (κ3) is 2.07. The molecule has 2 rings (SSSR count). The molecule has 1 fully saturated rings. The van der Waals surface area contributed by atoms with Crippen molar-refractivity contribution in [3.8, 4) is 0 Å². The molecule has 1 aromatic heterocycles. The van der Waals surface area contributed by atoms with Gasteiger partial charge < -0.3 is 5.32 Å². The second-order valence-corrected chi connectivity index (χ2v) is 4.81. The Bertz CT molecular complexity index is 273. The van der Waals surface area contributed by atoms with Crippen LogP contribution in [-0.2, 0) is 0 Å². The zero-order valence-corrected chi connectivity index (χ0v) is 9.22. The molecule has 0 saturated carbocycles. The van der Waals surface area contributed by atoms with Gasteiger partial charge in [0.15, 0.2) is 0 Å². The molecule has 0 spiro atoms. The smallest absolute Gasteiger partial charge is 0.0264 e. The van der Waals surface area contributed by atoms with E-state index in [0.29, 0.717) is 12.0 Å². The van der Waals surface area contributed by atoms with Crippen molar-refractivity contribution in [2.24, 2.45) is 0 Å². The number of rotatable bonds is 3. The van der Waals surface area contributed by atoms with Gasteiger partial charge in [0.2, 0.25) is 0 Å². The summed E-state index contributed by atoms with van der Waals surface area (Å²) in [4.78, 5) is 1.44. The molecule has 2 unspecified atom stereocenters. The zero-order valence-electron chi connectivity index (χ0n) is 8.41. The van der Waals surface area contributed by atoms with Crippen molar-refractivity contribution >= 4 is 11.3 Å². The van der Waals surface area contributed by atoms with Crippen LogP contribution in [0.1, 0.15) is 30.1 Å². The third-order valence-electron chi connectivity index (χ3n) is 2.91. The molecule has 1 saturated heterocycles. The van der Waals surface area contributed by atoms with Gasteiger partial charge in [-0.3, -0.25) is 0 Å². The minimum Gasteiger partial charge on any atom is -0.313 e. The highest BCUT2D eigenvalue weighted by Crippen LogP contribution is 2.29. The van der Waals surface area contributed by atoms with Crippen molar-refractivity contribution in [2.75, 3.05) is 6.54 Å². The molecule has 1 aromatic rings. The summed E-state index contributed by atoms with van der Waals surface area (Å²) in [6.07, 6.45) is 6.06. The Labute approximate surface area is 89.8 Å². The van der Waals surface area contributed by atoms with E-state index < -0.39 is 0 Å². The lowest BCUT2D eigenvalue weighted by Crippen LogP contribution is -2.37. The largest absolute Gasteiger partial charge is 0.313 e. The Morgan fingerprint density at radius 1 is 1.57 bits per heavy atom. The fourth-order valence-electron chi connectivity index (χ4n) is 2.14. The van der Waals surface area contributed by atoms with E-state index in [1.165, 1.54) is 30.7 Å². The molecule has 0 amide bonds. The van der Waals surface area contributed by atoms with Crippen molar-refractivity contribution in [1.82, 2.24) is 5.32 Å². The molecule has 2 atom stereocenters. The van der Waals surface area contributed by atoms with E-state index in [1.807, 2.05) is 11.3 Å². The van der Waals surface area contributed by atoms with E-state index in [-0.39, 0.29) is 0 Å². The summed E-state index contributed by atoms with van der Waals surface area (Å²) in [6, 6.07) is 4.95. The molecule has 1 nitrogen and oxygen atoms in total. The first-order chi connectivity index (χ1) is 6.92. The third-order valence-corrected chi connectivity index (χ3v) is 3.88. The molecule has 14 heavy (non-hydrogen) atoms. The molecule has 0 radical (unpaired) electrons. The van der Waals surface area contributed by atoms with Crippen LogP contribution < -0.4 is 5.32 Å². The molecule has 1 aliphatic rings. The van der Waals surface area contributed by atoms with E-state index in [1.54, 1.807) is 0 Å². The minimum absolute atomic E-state index is 0.510. The first kappa shape index (κ1) is 9.94. The summed E-state index contributed by atoms with van der Waals surface area (Å²) >= 11 is 1.84. The zero-order chi connectivity index (χ0) is 9.80. The van der Waals surface area contributed by atoms with Crippen molar-refractivity contribution in [3.63, 3.8) is 0 Å². The van der Waals surface area contributed by atoms with Crippen molar-refractivity contribution in [2.45, 2.75) is 31.2 Å². The Morgan fingerprint density at radius 2 is 2.50 bits per heavy atom. The number of piperidine rings is 1. The summed E-state index contributed by atoms with van der Waals surface area (Å²) in [5.74, 6) is 0.510. The van der Waals surface area contributed by atoms with Gasteiger partial charge in [-0.2, -0.15) is 0 Å². The number of nitrogens with one attached hydrogen (secondary N) is 1. The van der Waals surface area contributed by atoms with Gasteiger partial charge in [-0.05, 0) is 30.8 Å². The summed E-state index contributed by atoms with van der Waals surface area (Å²) < 4.78 is 0. The molecule has 1 N–H and O–H groups in total. The Morgan fingerprint density at radius 3 is 3.07 bits per heavy atom. The van der Waals surface area contributed by atoms with Crippen molar-refractivity contribution < 1.29 is 0 Å². The second-order valence-electron chi connectivity index (χ2n) is 3.83. The molecular weight excluding hydrogens is 190 g/mol. The Balaban J connectivity index is 2.08. The molecule has 1 aliphatic heterocycles. The standard InChI is InChI=1S/C12H17NS/c1-2-10(12-7-5-9-14-12)11-6-3-4-8-13-11/h2,5,7,9-11,13H,1,3-4,6,8H2. The highest BCUT2D eigenvalue weighted by Gasteiger charge is 2.22. The normalized spacial score (nSPS) is 24.4. The number of hydrogen-bond acceptors (Lipinski definition) is 2. The molecule has 0 aliphatic carbocycles. The fraction of sp³-hybridized carbons (Fsp3) is 0.500. The van der Waals surface area contributed by atoms with Gasteiger partial charge in [-0.25, -0.2) is 0 Å². The van der Waals surface area contributed by atoms with Crippen LogP contribution in [-0.4, -0.2) is 12.6 Å². The van der Waals surface area contributed by atoms with Crippen molar-refractivity contribution in [3.05, 3.63) is 35.0 Å². The van der Waals surface area contributed by atoms with E-state index in [9.17, 15) is 0 Å². The highest BCUT2D eigenvalue weighted by molar-refractivity contribution is 7.10. The summed E-state index contributed by atoms with van der Waals surface area (Å²) in [6.45, 7) is 5.13. The van der Waals surface area contributed by atoms with E-state index in [0.717, 1.165) is 0 Å². The second kappa shape index (κ2) is 4.76. The van der Waals surface area contributed by atoms with Crippen molar-refractivity contribution in [1.29, 1.82) is 0 Å². The lowest BCUT2D eigenvalue weighted by atomic mass is 9.91. The number of hydrogen-bond donors (Lipinski definition) is 1. The molecule has 0 bridgehead atoms. The molecule has 2 heteroatoms. The molecule has 0 aromatic carbocycles. The van der Waals surface area contributed by atoms with Crippen LogP contribution in [0.4, 0.5) is 0 Å². The molecule has 76 valence electrons. The minimum atomic E-state index is 0.510. The lowest BCUT2D eigenvalue weighted by Gasteiger charge is -2.28. The van der Waals surface area contributed by atoms with Crippen LogP contribution in [0, 0.1) is 0 Å². The summed E-state index contributed by atoms with van der Waals surface area (Å²) in [5.41, 5.74) is 0. The molecule has 2 heterocycles. The first-order valence-electron chi connectivity index (χ1n) is 5.31. The van der Waals surface area contributed by atoms with Crippen LogP contribution in [0.15, 0.2) is 30.2 Å². The monoisotopic (exact) mass is 207 g/mol. The van der Waals surface area contributed by atoms with Gasteiger partial charge in [0.05, 0.1) is 0 Å². The summed E-state index contributed by atoms with van der Waals surface area (Å²) in [5, 5.41) is 5.74. The van der Waals surface area contributed by atoms with E-state index in [2.05, 4.69) is 35.5 Å². The van der Waals surface area contributed by atoms with Crippen LogP contribution in [0.2, 0.25) is 0 Å². The first-order valence-corrected chi connectivity index (χ1v) is 6.19. The number of thiophene rings is 1. The van der Waals surface area contributed by atoms with Crippen LogP contribution >= 0.6 is 11.3 Å². The summed E-state index contributed by atoms with van der Waals surface area (Å²) in [7, 11) is 0. The SMILES string of the molecule is C=CC(c1cccs1)C1CCCCN1. The van der Waals surface area contributed by atoms with Crippen LogP contribution in [0.3, 0.4) is 0 Å². The average molecular weight is 207 g/mol. The van der Waals surface area contributed by atoms with Crippen LogP contribution in [0.25, 0.3) is 0 Å². The Kier molecular flexibility index (Phi) is 3.38. The fourth-order valence-corrected chi connectivity index (χ4v) is 3.03. The maximum absolute atomic E-state index is 3.96. The highest BCUT2D eigenvalue weighted by atomic mass is 32.1. The van der Waals surface area contributed by atoms with Gasteiger partial charge in [-0.1, -0.05) is 18.6 Å². The van der Waals surface area contributed by atoms with Crippen LogP contribution in [0.5, 0.6) is 0 Å². The molecular formula is C12H17NS. The maximum Gasteiger partial charge on any atom is 0.0264 e.